The maximum absolute atomic E-state index is 10.6. The number of rotatable bonds is 4. The highest BCUT2D eigenvalue weighted by Crippen LogP contribution is 1.99. The van der Waals surface area contributed by atoms with Crippen LogP contribution in [-0.4, -0.2) is 20.4 Å². The van der Waals surface area contributed by atoms with Crippen molar-refractivity contribution in [1.29, 1.82) is 0 Å². The lowest BCUT2D eigenvalue weighted by Gasteiger charge is -2.05. The van der Waals surface area contributed by atoms with Gasteiger partial charge in [0.15, 0.2) is 6.29 Å². The molecule has 72 valence electrons. The van der Waals surface area contributed by atoms with E-state index in [0.29, 0.717) is 5.69 Å². The van der Waals surface area contributed by atoms with Gasteiger partial charge in [0.05, 0.1) is 12.0 Å². The van der Waals surface area contributed by atoms with Crippen molar-refractivity contribution in [1.82, 2.24) is 14.1 Å². The van der Waals surface area contributed by atoms with Gasteiger partial charge >= 0.3 is 0 Å². The van der Waals surface area contributed by atoms with E-state index in [-0.39, 0.29) is 0 Å². The van der Waals surface area contributed by atoms with E-state index in [1.165, 1.54) is 0 Å². The fraction of sp³-hybridized carbons (Fsp3) is 0.200. The van der Waals surface area contributed by atoms with Crippen molar-refractivity contribution in [3.63, 3.8) is 0 Å². The molecule has 0 bridgehead atoms. The maximum atomic E-state index is 10.6. The molecule has 0 atom stereocenters. The fourth-order valence-electron chi connectivity index (χ4n) is 1.38. The molecule has 0 aromatic carbocycles. The number of carbonyl (C=O) groups is 1. The Morgan fingerprint density at radius 3 is 3.00 bits per heavy atom. The van der Waals surface area contributed by atoms with Crippen molar-refractivity contribution in [2.24, 2.45) is 0 Å². The van der Waals surface area contributed by atoms with Gasteiger partial charge in [-0.3, -0.25) is 4.79 Å². The van der Waals surface area contributed by atoms with Gasteiger partial charge in [-0.1, -0.05) is 0 Å². The topological polar surface area (TPSA) is 39.8 Å². The highest BCUT2D eigenvalue weighted by Gasteiger charge is 1.98. The van der Waals surface area contributed by atoms with Crippen LogP contribution in [0.2, 0.25) is 0 Å². The quantitative estimate of drug-likeness (QED) is 0.678. The maximum Gasteiger partial charge on any atom is 0.166 e. The molecule has 0 radical (unpaired) electrons. The lowest BCUT2D eigenvalue weighted by atomic mass is 10.4. The molecule has 0 unspecified atom stereocenters. The van der Waals surface area contributed by atoms with Gasteiger partial charge in [-0.2, -0.15) is 0 Å². The molecule has 0 aliphatic heterocycles. The van der Waals surface area contributed by atoms with Crippen LogP contribution in [0.5, 0.6) is 0 Å². The summed E-state index contributed by atoms with van der Waals surface area (Å²) in [4.78, 5) is 14.6. The van der Waals surface area contributed by atoms with Crippen LogP contribution < -0.4 is 0 Å². The summed E-state index contributed by atoms with van der Waals surface area (Å²) in [6.07, 6.45) is 8.19. The van der Waals surface area contributed by atoms with Gasteiger partial charge in [0, 0.05) is 31.7 Å². The molecule has 14 heavy (non-hydrogen) atoms. The highest BCUT2D eigenvalue weighted by atomic mass is 16.1. The summed E-state index contributed by atoms with van der Waals surface area (Å²) in [5, 5.41) is 0. The summed E-state index contributed by atoms with van der Waals surface area (Å²) >= 11 is 0. The second-order valence-corrected chi connectivity index (χ2v) is 3.04. The van der Waals surface area contributed by atoms with Crippen LogP contribution in [0.1, 0.15) is 10.5 Å². The fourth-order valence-corrected chi connectivity index (χ4v) is 1.38. The third kappa shape index (κ3) is 1.74. The molecule has 0 saturated heterocycles. The number of carbonyl (C=O) groups excluding carboxylic acids is 1. The average Bonchev–Trinajstić information content (AvgIpc) is 2.85. The van der Waals surface area contributed by atoms with Crippen LogP contribution in [0.4, 0.5) is 0 Å². The first-order valence-electron chi connectivity index (χ1n) is 4.46. The molecule has 0 aliphatic rings. The van der Waals surface area contributed by atoms with Crippen molar-refractivity contribution < 1.29 is 4.79 Å². The minimum atomic E-state index is 0.713. The average molecular weight is 189 g/mol. The van der Waals surface area contributed by atoms with Gasteiger partial charge in [-0.25, -0.2) is 4.98 Å². The number of nitrogens with zero attached hydrogens (tertiary/aromatic N) is 3. The van der Waals surface area contributed by atoms with Crippen molar-refractivity contribution in [3.05, 3.63) is 42.7 Å². The zero-order chi connectivity index (χ0) is 9.80. The standard InChI is InChI=1S/C10H11N3O/c14-8-10-2-1-4-13(10)7-6-12-5-3-11-9-12/h1-5,8-9H,6-7H2. The number of hydrogen-bond acceptors (Lipinski definition) is 2. The van der Waals surface area contributed by atoms with E-state index in [1.807, 2.05) is 27.6 Å². The van der Waals surface area contributed by atoms with Gasteiger partial charge in [0.25, 0.3) is 0 Å². The van der Waals surface area contributed by atoms with E-state index in [9.17, 15) is 4.79 Å². The van der Waals surface area contributed by atoms with E-state index in [0.717, 1.165) is 19.4 Å². The highest BCUT2D eigenvalue weighted by molar-refractivity contribution is 5.72. The lowest BCUT2D eigenvalue weighted by Crippen LogP contribution is -2.07. The summed E-state index contributed by atoms with van der Waals surface area (Å²) in [5.41, 5.74) is 0.713. The van der Waals surface area contributed by atoms with Gasteiger partial charge in [0.1, 0.15) is 0 Å². The van der Waals surface area contributed by atoms with Crippen molar-refractivity contribution >= 4 is 6.29 Å². The zero-order valence-electron chi connectivity index (χ0n) is 7.71. The van der Waals surface area contributed by atoms with E-state index in [2.05, 4.69) is 4.98 Å². The van der Waals surface area contributed by atoms with Crippen LogP contribution >= 0.6 is 0 Å². The molecule has 2 heterocycles. The first-order valence-corrected chi connectivity index (χ1v) is 4.46. The van der Waals surface area contributed by atoms with E-state index in [4.69, 9.17) is 0 Å². The minimum absolute atomic E-state index is 0.713. The minimum Gasteiger partial charge on any atom is -0.344 e. The first-order chi connectivity index (χ1) is 6.90. The zero-order valence-corrected chi connectivity index (χ0v) is 7.71. The molecule has 0 fully saturated rings. The Kier molecular flexibility index (Phi) is 2.44. The normalized spacial score (nSPS) is 10.3. The van der Waals surface area contributed by atoms with Crippen LogP contribution in [-0.2, 0) is 13.1 Å². The SMILES string of the molecule is O=Cc1cccn1CCn1ccnc1. The summed E-state index contributed by atoms with van der Waals surface area (Å²) in [6, 6.07) is 3.68. The van der Waals surface area contributed by atoms with Crippen molar-refractivity contribution in [3.8, 4) is 0 Å². The number of aldehydes is 1. The molecule has 0 saturated carbocycles. The van der Waals surface area contributed by atoms with E-state index in [1.54, 1.807) is 18.6 Å². The molecule has 0 N–H and O–H groups in total. The molecule has 0 amide bonds. The predicted molar refractivity (Wildman–Crippen MR) is 52.0 cm³/mol. The number of imidazole rings is 1. The molecule has 2 aromatic heterocycles. The first kappa shape index (κ1) is 8.74. The molecule has 4 heteroatoms. The molecule has 4 nitrogen and oxygen atoms in total. The van der Waals surface area contributed by atoms with Crippen LogP contribution in [0.15, 0.2) is 37.1 Å². The largest absolute Gasteiger partial charge is 0.344 e. The lowest BCUT2D eigenvalue weighted by molar-refractivity contribution is 0.111. The van der Waals surface area contributed by atoms with Crippen LogP contribution in [0.3, 0.4) is 0 Å². The van der Waals surface area contributed by atoms with Gasteiger partial charge in [-0.15, -0.1) is 0 Å². The second-order valence-electron chi connectivity index (χ2n) is 3.04. The number of aryl methyl sites for hydroxylation is 2. The van der Waals surface area contributed by atoms with Crippen molar-refractivity contribution in [2.45, 2.75) is 13.1 Å². The number of hydrogen-bond donors (Lipinski definition) is 0. The Labute approximate surface area is 81.8 Å². The van der Waals surface area contributed by atoms with Gasteiger partial charge in [-0.05, 0) is 12.1 Å². The Bertz CT molecular complexity index is 403. The third-order valence-corrected chi connectivity index (χ3v) is 2.14. The summed E-state index contributed by atoms with van der Waals surface area (Å²) < 4.78 is 3.90. The van der Waals surface area contributed by atoms with E-state index >= 15 is 0 Å². The van der Waals surface area contributed by atoms with Crippen LogP contribution in [0, 0.1) is 0 Å². The second kappa shape index (κ2) is 3.91. The molecular weight excluding hydrogens is 178 g/mol. The molecule has 2 rings (SSSR count). The monoisotopic (exact) mass is 189 g/mol. The third-order valence-electron chi connectivity index (χ3n) is 2.14. The Morgan fingerprint density at radius 1 is 1.36 bits per heavy atom. The molecular formula is C10H11N3O. The molecule has 2 aromatic rings. The van der Waals surface area contributed by atoms with Crippen LogP contribution in [0.25, 0.3) is 0 Å². The molecule has 0 aliphatic carbocycles. The Balaban J connectivity index is 2.01. The van der Waals surface area contributed by atoms with Gasteiger partial charge in [0.2, 0.25) is 0 Å². The number of aromatic nitrogens is 3. The smallest absolute Gasteiger partial charge is 0.166 e. The Hall–Kier alpha value is -1.84. The van der Waals surface area contributed by atoms with Crippen molar-refractivity contribution in [2.75, 3.05) is 0 Å². The summed E-state index contributed by atoms with van der Waals surface area (Å²) in [5.74, 6) is 0. The molecule has 0 spiro atoms. The van der Waals surface area contributed by atoms with Gasteiger partial charge < -0.3 is 9.13 Å². The Morgan fingerprint density at radius 2 is 2.29 bits per heavy atom. The predicted octanol–water partition coefficient (Wildman–Crippen LogP) is 1.20. The summed E-state index contributed by atoms with van der Waals surface area (Å²) in [6.45, 7) is 1.62. The van der Waals surface area contributed by atoms with E-state index < -0.39 is 0 Å². The summed E-state index contributed by atoms with van der Waals surface area (Å²) in [7, 11) is 0.